The van der Waals surface area contributed by atoms with E-state index in [9.17, 15) is 9.59 Å². The summed E-state index contributed by atoms with van der Waals surface area (Å²) in [6.07, 6.45) is 0. The maximum atomic E-state index is 12.2. The molecular weight excluding hydrogens is 351 g/mol. The summed E-state index contributed by atoms with van der Waals surface area (Å²) < 4.78 is 0. The van der Waals surface area contributed by atoms with Crippen molar-refractivity contribution in [2.75, 3.05) is 50.7 Å². The molecular formula is C16H22Cl2N4O2. The van der Waals surface area contributed by atoms with Crippen molar-refractivity contribution < 1.29 is 9.59 Å². The van der Waals surface area contributed by atoms with E-state index in [0.717, 1.165) is 23.8 Å². The number of nitrogens with zero attached hydrogens (tertiary/aromatic N) is 2. The molecule has 1 aromatic rings. The van der Waals surface area contributed by atoms with Gasteiger partial charge in [-0.2, -0.15) is 0 Å². The minimum absolute atomic E-state index is 0. The van der Waals surface area contributed by atoms with Crippen molar-refractivity contribution in [3.8, 4) is 0 Å². The number of nitrogens with one attached hydrogen (secondary N) is 2. The molecule has 2 N–H and O–H groups in total. The summed E-state index contributed by atoms with van der Waals surface area (Å²) in [6.45, 7) is 4.42. The van der Waals surface area contributed by atoms with Crippen LogP contribution < -0.4 is 15.5 Å². The second-order valence-corrected chi connectivity index (χ2v) is 6.35. The lowest BCUT2D eigenvalue weighted by Crippen LogP contribution is -2.54. The van der Waals surface area contributed by atoms with Crippen molar-refractivity contribution in [2.45, 2.75) is 0 Å². The normalized spacial score (nSPS) is 17.7. The van der Waals surface area contributed by atoms with E-state index in [1.165, 1.54) is 0 Å². The van der Waals surface area contributed by atoms with Crippen LogP contribution in [0, 0.1) is 5.92 Å². The van der Waals surface area contributed by atoms with Gasteiger partial charge in [-0.15, -0.1) is 12.4 Å². The van der Waals surface area contributed by atoms with Gasteiger partial charge >= 0.3 is 0 Å². The van der Waals surface area contributed by atoms with E-state index in [1.807, 2.05) is 29.2 Å². The lowest BCUT2D eigenvalue weighted by atomic mass is 10.0. The molecule has 3 rings (SSSR count). The third-order valence-corrected chi connectivity index (χ3v) is 4.64. The molecule has 2 aliphatic rings. The molecule has 2 fully saturated rings. The van der Waals surface area contributed by atoms with Gasteiger partial charge in [-0.3, -0.25) is 9.59 Å². The Balaban J connectivity index is 0.00000208. The quantitative estimate of drug-likeness (QED) is 0.818. The molecule has 2 aliphatic heterocycles. The molecule has 0 aromatic heterocycles. The Hall–Kier alpha value is -1.50. The second-order valence-electron chi connectivity index (χ2n) is 5.92. The molecule has 8 heteroatoms. The summed E-state index contributed by atoms with van der Waals surface area (Å²) in [7, 11) is 0. The van der Waals surface area contributed by atoms with Crippen molar-refractivity contribution in [3.63, 3.8) is 0 Å². The van der Waals surface area contributed by atoms with E-state index < -0.39 is 0 Å². The summed E-state index contributed by atoms with van der Waals surface area (Å²) >= 11 is 5.90. The number of piperazine rings is 1. The van der Waals surface area contributed by atoms with Gasteiger partial charge in [-0.25, -0.2) is 0 Å². The molecule has 0 aliphatic carbocycles. The third kappa shape index (κ3) is 4.53. The van der Waals surface area contributed by atoms with Crippen molar-refractivity contribution >= 4 is 41.5 Å². The molecule has 0 unspecified atom stereocenters. The molecule has 132 valence electrons. The van der Waals surface area contributed by atoms with Gasteiger partial charge in [0.1, 0.15) is 0 Å². The van der Waals surface area contributed by atoms with Crippen molar-refractivity contribution in [1.82, 2.24) is 15.5 Å². The van der Waals surface area contributed by atoms with Crippen molar-refractivity contribution in [1.29, 1.82) is 0 Å². The molecule has 0 bridgehead atoms. The van der Waals surface area contributed by atoms with E-state index >= 15 is 0 Å². The highest BCUT2D eigenvalue weighted by atomic mass is 35.5. The molecule has 0 saturated carbocycles. The molecule has 1 aromatic carbocycles. The number of halogens is 2. The minimum Gasteiger partial charge on any atom is -0.368 e. The largest absolute Gasteiger partial charge is 0.368 e. The number of hydrogen-bond acceptors (Lipinski definition) is 4. The molecule has 2 saturated heterocycles. The van der Waals surface area contributed by atoms with Crippen LogP contribution in [0.2, 0.25) is 5.02 Å². The van der Waals surface area contributed by atoms with Crippen LogP contribution in [0.5, 0.6) is 0 Å². The zero-order chi connectivity index (χ0) is 16.2. The van der Waals surface area contributed by atoms with Crippen LogP contribution in [0.1, 0.15) is 0 Å². The number of benzene rings is 1. The Bertz CT molecular complexity index is 570. The average Bonchev–Trinajstić information content (AvgIpc) is 2.52. The Labute approximate surface area is 152 Å². The van der Waals surface area contributed by atoms with Crippen molar-refractivity contribution in [3.05, 3.63) is 29.3 Å². The lowest BCUT2D eigenvalue weighted by molar-refractivity contribution is -0.134. The third-order valence-electron chi connectivity index (χ3n) is 4.39. The molecule has 24 heavy (non-hydrogen) atoms. The average molecular weight is 373 g/mol. The Morgan fingerprint density at radius 1 is 1.12 bits per heavy atom. The summed E-state index contributed by atoms with van der Waals surface area (Å²) in [5, 5.41) is 6.50. The number of hydrogen-bond donors (Lipinski definition) is 2. The Morgan fingerprint density at radius 2 is 1.75 bits per heavy atom. The SMILES string of the molecule is Cl.O=C(NCC(=O)N1CCN(c2ccc(Cl)cc2)CC1)C1CNC1. The fourth-order valence-electron chi connectivity index (χ4n) is 2.76. The lowest BCUT2D eigenvalue weighted by Gasteiger charge is -2.36. The van der Waals surface area contributed by atoms with E-state index in [4.69, 9.17) is 11.6 Å². The number of rotatable bonds is 4. The van der Waals surface area contributed by atoms with Gasteiger partial charge in [-0.1, -0.05) is 11.6 Å². The standard InChI is InChI=1S/C16H21ClN4O2.ClH/c17-13-1-3-14(4-2-13)20-5-7-21(8-6-20)15(22)11-19-16(23)12-9-18-10-12;/h1-4,12,18H,5-11H2,(H,19,23);1H. The number of carbonyl (C=O) groups excluding carboxylic acids is 2. The highest BCUT2D eigenvalue weighted by Crippen LogP contribution is 2.19. The van der Waals surface area contributed by atoms with E-state index in [0.29, 0.717) is 26.2 Å². The maximum Gasteiger partial charge on any atom is 0.242 e. The molecule has 0 spiro atoms. The summed E-state index contributed by atoms with van der Waals surface area (Å²) in [5.41, 5.74) is 1.12. The molecule has 0 radical (unpaired) electrons. The first kappa shape index (κ1) is 18.8. The minimum atomic E-state index is -0.0306. The first-order valence-corrected chi connectivity index (χ1v) is 8.28. The summed E-state index contributed by atoms with van der Waals surface area (Å²) in [6, 6.07) is 7.73. The van der Waals surface area contributed by atoms with E-state index in [1.54, 1.807) is 0 Å². The van der Waals surface area contributed by atoms with E-state index in [-0.39, 0.29) is 36.7 Å². The first-order valence-electron chi connectivity index (χ1n) is 7.90. The van der Waals surface area contributed by atoms with Gasteiger partial charge in [0.2, 0.25) is 11.8 Å². The Kier molecular flexibility index (Phi) is 6.71. The van der Waals surface area contributed by atoms with Gasteiger partial charge in [-0.05, 0) is 24.3 Å². The highest BCUT2D eigenvalue weighted by Gasteiger charge is 2.26. The van der Waals surface area contributed by atoms with Crippen LogP contribution >= 0.6 is 24.0 Å². The topological polar surface area (TPSA) is 64.7 Å². The summed E-state index contributed by atoms with van der Waals surface area (Å²) in [5.74, 6) is -0.0251. The molecule has 2 heterocycles. The second kappa shape index (κ2) is 8.55. The van der Waals surface area contributed by atoms with Gasteiger partial charge in [0.25, 0.3) is 0 Å². The number of amides is 2. The van der Waals surface area contributed by atoms with Gasteiger partial charge < -0.3 is 20.4 Å². The first-order chi connectivity index (χ1) is 11.1. The molecule has 0 atom stereocenters. The smallest absolute Gasteiger partial charge is 0.242 e. The van der Waals surface area contributed by atoms with Crippen LogP contribution in [0.4, 0.5) is 5.69 Å². The van der Waals surface area contributed by atoms with E-state index in [2.05, 4.69) is 15.5 Å². The van der Waals surface area contributed by atoms with Crippen LogP contribution in [-0.2, 0) is 9.59 Å². The van der Waals surface area contributed by atoms with Gasteiger partial charge in [0.15, 0.2) is 0 Å². The zero-order valence-electron chi connectivity index (χ0n) is 13.3. The fourth-order valence-corrected chi connectivity index (χ4v) is 2.88. The molecule has 2 amide bonds. The van der Waals surface area contributed by atoms with Crippen LogP contribution in [0.25, 0.3) is 0 Å². The predicted octanol–water partition coefficient (Wildman–Crippen LogP) is 0.746. The van der Waals surface area contributed by atoms with Gasteiger partial charge in [0, 0.05) is 50.0 Å². The zero-order valence-corrected chi connectivity index (χ0v) is 14.9. The summed E-state index contributed by atoms with van der Waals surface area (Å²) in [4.78, 5) is 28.0. The van der Waals surface area contributed by atoms with Crippen LogP contribution in [-0.4, -0.2) is 62.5 Å². The fraction of sp³-hybridized carbons (Fsp3) is 0.500. The van der Waals surface area contributed by atoms with Gasteiger partial charge in [0.05, 0.1) is 12.5 Å². The molecule has 6 nitrogen and oxygen atoms in total. The maximum absolute atomic E-state index is 12.2. The van der Waals surface area contributed by atoms with Crippen molar-refractivity contribution in [2.24, 2.45) is 5.92 Å². The highest BCUT2D eigenvalue weighted by molar-refractivity contribution is 6.30. The van der Waals surface area contributed by atoms with Crippen LogP contribution in [0.3, 0.4) is 0 Å². The van der Waals surface area contributed by atoms with Crippen LogP contribution in [0.15, 0.2) is 24.3 Å². The predicted molar refractivity (Wildman–Crippen MR) is 96.9 cm³/mol. The number of carbonyl (C=O) groups is 2. The Morgan fingerprint density at radius 3 is 2.29 bits per heavy atom. The monoisotopic (exact) mass is 372 g/mol. The number of anilines is 1.